The fourth-order valence-corrected chi connectivity index (χ4v) is 3.06. The van der Waals surface area contributed by atoms with Gasteiger partial charge in [0.2, 0.25) is 5.91 Å². The van der Waals surface area contributed by atoms with Crippen LogP contribution in [0.15, 0.2) is 29.3 Å². The number of carbonyl (C=O) groups is 1. The molecule has 0 aliphatic carbocycles. The molecule has 2 rings (SSSR count). The minimum Gasteiger partial charge on any atom is -0.435 e. The van der Waals surface area contributed by atoms with Gasteiger partial charge in [-0.3, -0.25) is 9.79 Å². The molecule has 0 unspecified atom stereocenters. The Bertz CT molecular complexity index is 623. The molecule has 0 spiro atoms. The van der Waals surface area contributed by atoms with E-state index in [1.54, 1.807) is 26.2 Å². The molecule has 1 aliphatic rings. The van der Waals surface area contributed by atoms with Crippen LogP contribution in [-0.4, -0.2) is 50.6 Å². The van der Waals surface area contributed by atoms with Crippen molar-refractivity contribution in [3.8, 4) is 5.75 Å². The Labute approximate surface area is 175 Å². The van der Waals surface area contributed by atoms with E-state index in [9.17, 15) is 13.6 Å². The summed E-state index contributed by atoms with van der Waals surface area (Å²) in [6.07, 6.45) is 2.44. The number of amides is 1. The first-order valence-corrected chi connectivity index (χ1v) is 8.71. The standard InChI is InChI=1S/C18H26F2N4O2.HI/c1-21-16(25)11-13-6-8-24(9-7-13)18(22-2)23-12-14-4-3-5-15(10-14)26-17(19)20;/h3-5,10,13,17H,6-9,11-12H2,1-2H3,(H,21,25)(H,22,23);1H. The summed E-state index contributed by atoms with van der Waals surface area (Å²) in [5.41, 5.74) is 0.832. The van der Waals surface area contributed by atoms with Crippen LogP contribution in [0.4, 0.5) is 8.78 Å². The molecular weight excluding hydrogens is 469 g/mol. The van der Waals surface area contributed by atoms with Crippen molar-refractivity contribution in [1.29, 1.82) is 0 Å². The number of ether oxygens (including phenoxy) is 1. The highest BCUT2D eigenvalue weighted by Gasteiger charge is 2.23. The predicted octanol–water partition coefficient (Wildman–Crippen LogP) is 2.83. The minimum atomic E-state index is -2.83. The fraction of sp³-hybridized carbons (Fsp3) is 0.556. The van der Waals surface area contributed by atoms with Crippen molar-refractivity contribution in [3.63, 3.8) is 0 Å². The van der Waals surface area contributed by atoms with Crippen LogP contribution >= 0.6 is 24.0 Å². The molecule has 1 saturated heterocycles. The lowest BCUT2D eigenvalue weighted by Gasteiger charge is -2.34. The van der Waals surface area contributed by atoms with Crippen molar-refractivity contribution in [2.24, 2.45) is 10.9 Å². The first-order valence-electron chi connectivity index (χ1n) is 8.71. The molecule has 152 valence electrons. The Morgan fingerprint density at radius 1 is 1.37 bits per heavy atom. The highest BCUT2D eigenvalue weighted by Crippen LogP contribution is 2.21. The summed E-state index contributed by atoms with van der Waals surface area (Å²) in [6, 6.07) is 6.61. The van der Waals surface area contributed by atoms with Crippen LogP contribution in [0.5, 0.6) is 5.75 Å². The van der Waals surface area contributed by atoms with Gasteiger partial charge in [0, 0.05) is 40.2 Å². The second-order valence-electron chi connectivity index (χ2n) is 6.23. The monoisotopic (exact) mass is 496 g/mol. The van der Waals surface area contributed by atoms with Crippen LogP contribution < -0.4 is 15.4 Å². The first-order chi connectivity index (χ1) is 12.5. The van der Waals surface area contributed by atoms with Gasteiger partial charge >= 0.3 is 6.61 Å². The van der Waals surface area contributed by atoms with Gasteiger partial charge in [0.25, 0.3) is 0 Å². The number of nitrogens with zero attached hydrogens (tertiary/aromatic N) is 2. The molecule has 1 aromatic rings. The van der Waals surface area contributed by atoms with Crippen molar-refractivity contribution in [2.75, 3.05) is 27.2 Å². The maximum Gasteiger partial charge on any atom is 0.387 e. The molecule has 0 atom stereocenters. The Morgan fingerprint density at radius 3 is 2.67 bits per heavy atom. The molecular formula is C18H27F2IN4O2. The zero-order chi connectivity index (χ0) is 18.9. The summed E-state index contributed by atoms with van der Waals surface area (Å²) in [5, 5.41) is 5.92. The number of carbonyl (C=O) groups excluding carboxylic acids is 1. The van der Waals surface area contributed by atoms with Gasteiger partial charge in [-0.15, -0.1) is 24.0 Å². The zero-order valence-electron chi connectivity index (χ0n) is 15.6. The molecule has 0 bridgehead atoms. The molecule has 1 amide bonds. The summed E-state index contributed by atoms with van der Waals surface area (Å²) in [5.74, 6) is 1.39. The van der Waals surface area contributed by atoms with Crippen LogP contribution in [0.25, 0.3) is 0 Å². The van der Waals surface area contributed by atoms with Crippen molar-refractivity contribution in [2.45, 2.75) is 32.4 Å². The number of likely N-dealkylation sites (tertiary alicyclic amines) is 1. The SMILES string of the molecule is CN=C(NCc1cccc(OC(F)F)c1)N1CCC(CC(=O)NC)CC1.I. The molecule has 1 fully saturated rings. The lowest BCUT2D eigenvalue weighted by Crippen LogP contribution is -2.45. The maximum atomic E-state index is 12.3. The van der Waals surface area contributed by atoms with E-state index < -0.39 is 6.61 Å². The second kappa shape index (κ2) is 11.9. The van der Waals surface area contributed by atoms with Crippen LogP contribution in [-0.2, 0) is 11.3 Å². The Morgan fingerprint density at radius 2 is 2.07 bits per heavy atom. The number of hydrogen-bond acceptors (Lipinski definition) is 3. The van der Waals surface area contributed by atoms with E-state index in [4.69, 9.17) is 0 Å². The van der Waals surface area contributed by atoms with Crippen LogP contribution in [0.3, 0.4) is 0 Å². The van der Waals surface area contributed by atoms with Gasteiger partial charge in [-0.25, -0.2) is 0 Å². The van der Waals surface area contributed by atoms with Crippen LogP contribution in [0.2, 0.25) is 0 Å². The molecule has 27 heavy (non-hydrogen) atoms. The third-order valence-electron chi connectivity index (χ3n) is 4.45. The highest BCUT2D eigenvalue weighted by atomic mass is 127. The molecule has 9 heteroatoms. The van der Waals surface area contributed by atoms with E-state index >= 15 is 0 Å². The number of aliphatic imine (C=N–C) groups is 1. The fourth-order valence-electron chi connectivity index (χ4n) is 3.06. The summed E-state index contributed by atoms with van der Waals surface area (Å²) >= 11 is 0. The van der Waals surface area contributed by atoms with Gasteiger partial charge in [-0.2, -0.15) is 8.78 Å². The summed E-state index contributed by atoms with van der Waals surface area (Å²) in [4.78, 5) is 17.9. The quantitative estimate of drug-likeness (QED) is 0.361. The smallest absolute Gasteiger partial charge is 0.387 e. The molecule has 0 aromatic heterocycles. The van der Waals surface area contributed by atoms with Crippen molar-refractivity contribution in [1.82, 2.24) is 15.5 Å². The van der Waals surface area contributed by atoms with Gasteiger partial charge in [-0.1, -0.05) is 12.1 Å². The summed E-state index contributed by atoms with van der Waals surface area (Å²) < 4.78 is 29.0. The normalized spacial score (nSPS) is 15.3. The van der Waals surface area contributed by atoms with Crippen molar-refractivity contribution in [3.05, 3.63) is 29.8 Å². The second-order valence-corrected chi connectivity index (χ2v) is 6.23. The average molecular weight is 496 g/mol. The first kappa shape index (κ1) is 23.4. The largest absolute Gasteiger partial charge is 0.435 e. The predicted molar refractivity (Wildman–Crippen MR) is 112 cm³/mol. The molecule has 0 radical (unpaired) electrons. The number of rotatable bonds is 6. The van der Waals surface area contributed by atoms with Gasteiger partial charge in [0.05, 0.1) is 0 Å². The van der Waals surface area contributed by atoms with Crippen molar-refractivity contribution >= 4 is 35.8 Å². The van der Waals surface area contributed by atoms with Gasteiger partial charge in [0.15, 0.2) is 5.96 Å². The van der Waals surface area contributed by atoms with Gasteiger partial charge in [0.1, 0.15) is 5.75 Å². The molecule has 6 nitrogen and oxygen atoms in total. The highest BCUT2D eigenvalue weighted by molar-refractivity contribution is 14.0. The van der Waals surface area contributed by atoms with Gasteiger partial charge in [-0.05, 0) is 36.5 Å². The lowest BCUT2D eigenvalue weighted by molar-refractivity contribution is -0.121. The number of alkyl halides is 2. The van der Waals surface area contributed by atoms with Crippen molar-refractivity contribution < 1.29 is 18.3 Å². The van der Waals surface area contributed by atoms with E-state index in [1.807, 2.05) is 6.07 Å². The zero-order valence-corrected chi connectivity index (χ0v) is 17.9. The number of benzene rings is 1. The van der Waals surface area contributed by atoms with E-state index in [0.717, 1.165) is 37.5 Å². The molecule has 0 saturated carbocycles. The molecule has 1 heterocycles. The van der Waals surface area contributed by atoms with E-state index in [2.05, 4.69) is 25.3 Å². The van der Waals surface area contributed by atoms with E-state index in [-0.39, 0.29) is 35.6 Å². The number of halogens is 3. The van der Waals surface area contributed by atoms with Crippen LogP contribution in [0, 0.1) is 5.92 Å². The number of hydrogen-bond donors (Lipinski definition) is 2. The molecule has 1 aliphatic heterocycles. The maximum absolute atomic E-state index is 12.3. The Hall–Kier alpha value is -1.65. The summed E-state index contributed by atoms with van der Waals surface area (Å²) in [6.45, 7) is -0.709. The van der Waals surface area contributed by atoms with Gasteiger partial charge < -0.3 is 20.3 Å². The van der Waals surface area contributed by atoms with E-state index in [1.165, 1.54) is 6.07 Å². The third-order valence-corrected chi connectivity index (χ3v) is 4.45. The summed E-state index contributed by atoms with van der Waals surface area (Å²) in [7, 11) is 3.37. The number of guanidine groups is 1. The third kappa shape index (κ3) is 7.86. The molecule has 2 N–H and O–H groups in total. The van der Waals surface area contributed by atoms with E-state index in [0.29, 0.717) is 18.9 Å². The number of nitrogens with one attached hydrogen (secondary N) is 2. The number of piperidine rings is 1. The molecule has 1 aromatic carbocycles. The topological polar surface area (TPSA) is 66.0 Å². The lowest BCUT2D eigenvalue weighted by atomic mass is 9.93. The van der Waals surface area contributed by atoms with Crippen LogP contribution in [0.1, 0.15) is 24.8 Å². The average Bonchev–Trinajstić information content (AvgIpc) is 2.63. The Kier molecular flexibility index (Phi) is 10.3. The Balaban J connectivity index is 0.00000364. The minimum absolute atomic E-state index is 0.